The van der Waals surface area contributed by atoms with Crippen molar-refractivity contribution < 1.29 is 5.11 Å². The average Bonchev–Trinajstić information content (AvgIpc) is 2.20. The van der Waals surface area contributed by atoms with Crippen molar-refractivity contribution in [3.63, 3.8) is 0 Å². The molecule has 0 spiro atoms. The minimum absolute atomic E-state index is 0.295. The second kappa shape index (κ2) is 6.26. The first-order valence-corrected chi connectivity index (χ1v) is 6.60. The molecule has 1 unspecified atom stereocenters. The summed E-state index contributed by atoms with van der Waals surface area (Å²) in [6.07, 6.45) is 2.08. The Kier molecular flexibility index (Phi) is 5.29. The number of hydrogen-bond acceptors (Lipinski definition) is 3. The predicted molar refractivity (Wildman–Crippen MR) is 67.8 cm³/mol. The van der Waals surface area contributed by atoms with Crippen molar-refractivity contribution in [2.24, 2.45) is 0 Å². The second-order valence-electron chi connectivity index (χ2n) is 3.51. The molecule has 0 bridgehead atoms. The van der Waals surface area contributed by atoms with Gasteiger partial charge >= 0.3 is 0 Å². The van der Waals surface area contributed by atoms with Crippen molar-refractivity contribution in [2.75, 3.05) is 12.0 Å². The van der Waals surface area contributed by atoms with Gasteiger partial charge in [0.2, 0.25) is 0 Å². The Morgan fingerprint density at radius 3 is 2.93 bits per heavy atom. The fraction of sp³-hybridized carbons (Fsp3) is 0.455. The summed E-state index contributed by atoms with van der Waals surface area (Å²) in [6.45, 7) is 2.77. The fourth-order valence-electron chi connectivity index (χ4n) is 1.29. The third-order valence-corrected chi connectivity index (χ3v) is 3.17. The van der Waals surface area contributed by atoms with Crippen LogP contribution in [0, 0.1) is 0 Å². The highest BCUT2D eigenvalue weighted by molar-refractivity contribution is 7.98. The van der Waals surface area contributed by atoms with Crippen LogP contribution in [0.3, 0.4) is 0 Å². The standard InChI is InChI=1S/C11H16ClNOS/c1-8(7-15-2)13-6-9-5-10(12)3-4-11(9)14/h3-5,8,13-14H,6-7H2,1-2H3. The van der Waals surface area contributed by atoms with Gasteiger partial charge < -0.3 is 10.4 Å². The molecular weight excluding hydrogens is 230 g/mol. The van der Waals surface area contributed by atoms with Crippen molar-refractivity contribution in [3.05, 3.63) is 28.8 Å². The van der Waals surface area contributed by atoms with Crippen molar-refractivity contribution in [3.8, 4) is 5.75 Å². The molecule has 0 aliphatic carbocycles. The van der Waals surface area contributed by atoms with E-state index in [1.165, 1.54) is 0 Å². The molecule has 0 amide bonds. The Labute approximate surface area is 100 Å². The van der Waals surface area contributed by atoms with Crippen LogP contribution in [0.4, 0.5) is 0 Å². The summed E-state index contributed by atoms with van der Waals surface area (Å²) in [7, 11) is 0. The molecule has 1 aromatic carbocycles. The Balaban J connectivity index is 2.53. The van der Waals surface area contributed by atoms with Gasteiger partial charge in [0.15, 0.2) is 0 Å². The molecule has 1 rings (SSSR count). The van der Waals surface area contributed by atoms with Gasteiger partial charge in [0.1, 0.15) is 5.75 Å². The van der Waals surface area contributed by atoms with Crippen LogP contribution in [0.1, 0.15) is 12.5 Å². The monoisotopic (exact) mass is 245 g/mol. The molecule has 2 nitrogen and oxygen atoms in total. The van der Waals surface area contributed by atoms with Gasteiger partial charge in [-0.05, 0) is 31.4 Å². The number of benzene rings is 1. The number of hydrogen-bond donors (Lipinski definition) is 2. The molecule has 0 heterocycles. The first-order chi connectivity index (χ1) is 7.13. The summed E-state index contributed by atoms with van der Waals surface area (Å²) in [5.41, 5.74) is 0.843. The topological polar surface area (TPSA) is 32.3 Å². The molecule has 0 aliphatic rings. The molecule has 15 heavy (non-hydrogen) atoms. The lowest BCUT2D eigenvalue weighted by Crippen LogP contribution is -2.27. The van der Waals surface area contributed by atoms with Gasteiger partial charge in [-0.25, -0.2) is 0 Å². The largest absolute Gasteiger partial charge is 0.508 e. The van der Waals surface area contributed by atoms with E-state index in [0.717, 1.165) is 11.3 Å². The number of phenols is 1. The van der Waals surface area contributed by atoms with E-state index in [-0.39, 0.29) is 0 Å². The summed E-state index contributed by atoms with van der Waals surface area (Å²) < 4.78 is 0. The summed E-state index contributed by atoms with van der Waals surface area (Å²) in [5.74, 6) is 1.35. The van der Waals surface area contributed by atoms with Gasteiger partial charge in [-0.1, -0.05) is 11.6 Å². The van der Waals surface area contributed by atoms with Gasteiger partial charge in [-0.3, -0.25) is 0 Å². The van der Waals surface area contributed by atoms with E-state index in [4.69, 9.17) is 11.6 Å². The maximum atomic E-state index is 9.57. The lowest BCUT2D eigenvalue weighted by Gasteiger charge is -2.13. The molecule has 0 aromatic heterocycles. The molecule has 84 valence electrons. The predicted octanol–water partition coefficient (Wildman–Crippen LogP) is 2.89. The summed E-state index contributed by atoms with van der Waals surface area (Å²) in [4.78, 5) is 0. The van der Waals surface area contributed by atoms with Crippen molar-refractivity contribution in [2.45, 2.75) is 19.5 Å². The van der Waals surface area contributed by atoms with E-state index in [0.29, 0.717) is 23.4 Å². The van der Waals surface area contributed by atoms with Crippen molar-refractivity contribution in [1.29, 1.82) is 0 Å². The van der Waals surface area contributed by atoms with Gasteiger partial charge in [0.05, 0.1) is 0 Å². The first kappa shape index (κ1) is 12.7. The summed E-state index contributed by atoms with van der Waals surface area (Å²) in [5, 5.41) is 13.6. The van der Waals surface area contributed by atoms with E-state index in [2.05, 4.69) is 18.5 Å². The molecule has 2 N–H and O–H groups in total. The smallest absolute Gasteiger partial charge is 0.120 e. The average molecular weight is 246 g/mol. The molecule has 1 aromatic rings. The number of thioether (sulfide) groups is 1. The van der Waals surface area contributed by atoms with Crippen LogP contribution in [0.15, 0.2) is 18.2 Å². The van der Waals surface area contributed by atoms with Gasteiger partial charge in [0, 0.05) is 28.9 Å². The van der Waals surface area contributed by atoms with Crippen LogP contribution in [-0.2, 0) is 6.54 Å². The number of rotatable bonds is 5. The molecule has 0 radical (unpaired) electrons. The van der Waals surface area contributed by atoms with Gasteiger partial charge in [-0.15, -0.1) is 0 Å². The first-order valence-electron chi connectivity index (χ1n) is 4.83. The van der Waals surface area contributed by atoms with E-state index in [1.807, 2.05) is 0 Å². The van der Waals surface area contributed by atoms with Crippen LogP contribution in [0.5, 0.6) is 5.75 Å². The summed E-state index contributed by atoms with van der Waals surface area (Å²) in [6, 6.07) is 5.53. The van der Waals surface area contributed by atoms with Crippen LogP contribution >= 0.6 is 23.4 Å². The maximum Gasteiger partial charge on any atom is 0.120 e. The SMILES string of the molecule is CSCC(C)NCc1cc(Cl)ccc1O. The zero-order valence-electron chi connectivity index (χ0n) is 8.96. The lowest BCUT2D eigenvalue weighted by atomic mass is 10.2. The second-order valence-corrected chi connectivity index (χ2v) is 4.86. The van der Waals surface area contributed by atoms with Crippen LogP contribution < -0.4 is 5.32 Å². The van der Waals surface area contributed by atoms with Gasteiger partial charge in [0.25, 0.3) is 0 Å². The van der Waals surface area contributed by atoms with Crippen molar-refractivity contribution >= 4 is 23.4 Å². The Morgan fingerprint density at radius 2 is 2.27 bits per heavy atom. The quantitative estimate of drug-likeness (QED) is 0.837. The zero-order valence-corrected chi connectivity index (χ0v) is 10.5. The number of aromatic hydroxyl groups is 1. The van der Waals surface area contributed by atoms with Crippen molar-refractivity contribution in [1.82, 2.24) is 5.32 Å². The van der Waals surface area contributed by atoms with Crippen LogP contribution in [0.25, 0.3) is 0 Å². The Hall–Kier alpha value is -0.380. The minimum atomic E-state index is 0.295. The highest BCUT2D eigenvalue weighted by Gasteiger charge is 2.04. The minimum Gasteiger partial charge on any atom is -0.508 e. The number of halogens is 1. The number of nitrogens with one attached hydrogen (secondary N) is 1. The molecular formula is C11H16ClNOS. The highest BCUT2D eigenvalue weighted by Crippen LogP contribution is 2.21. The van der Waals surface area contributed by atoms with Crippen LogP contribution in [0.2, 0.25) is 5.02 Å². The molecule has 1 atom stereocenters. The third kappa shape index (κ3) is 4.33. The van der Waals surface area contributed by atoms with E-state index in [1.54, 1.807) is 30.0 Å². The normalized spacial score (nSPS) is 12.7. The molecule has 0 fully saturated rings. The van der Waals surface area contributed by atoms with Gasteiger partial charge in [-0.2, -0.15) is 11.8 Å². The van der Waals surface area contributed by atoms with Crippen LogP contribution in [-0.4, -0.2) is 23.2 Å². The maximum absolute atomic E-state index is 9.57. The van der Waals surface area contributed by atoms with E-state index < -0.39 is 0 Å². The molecule has 0 aliphatic heterocycles. The fourth-order valence-corrected chi connectivity index (χ4v) is 2.10. The molecule has 0 saturated heterocycles. The number of phenolic OH excluding ortho intramolecular Hbond substituents is 1. The lowest BCUT2D eigenvalue weighted by molar-refractivity contribution is 0.461. The van der Waals surface area contributed by atoms with E-state index >= 15 is 0 Å². The highest BCUT2D eigenvalue weighted by atomic mass is 35.5. The third-order valence-electron chi connectivity index (χ3n) is 2.10. The Morgan fingerprint density at radius 1 is 1.53 bits per heavy atom. The zero-order chi connectivity index (χ0) is 11.3. The molecule has 0 saturated carbocycles. The molecule has 4 heteroatoms. The summed E-state index contributed by atoms with van der Waals surface area (Å²) >= 11 is 7.65. The van der Waals surface area contributed by atoms with E-state index in [9.17, 15) is 5.11 Å². The Bertz CT molecular complexity index is 319.